The minimum absolute atomic E-state index is 0.158. The van der Waals surface area contributed by atoms with Gasteiger partial charge in [0.25, 0.3) is 0 Å². The molecule has 2 aromatic carbocycles. The maximum Gasteiger partial charge on any atom is 0.338 e. The number of hydrogen-bond donors (Lipinski definition) is 1. The molecule has 146 valence electrons. The molecule has 0 atom stereocenters. The normalized spacial score (nSPS) is 10.8. The molecule has 3 aromatic rings. The number of nitrogens with zero attached hydrogens (tertiary/aromatic N) is 2. The molecule has 0 aliphatic rings. The summed E-state index contributed by atoms with van der Waals surface area (Å²) in [6, 6.07) is 10.8. The second kappa shape index (κ2) is 8.88. The van der Waals surface area contributed by atoms with E-state index in [2.05, 4.69) is 10.3 Å². The number of hydrogen-bond acceptors (Lipinski definition) is 5. The lowest BCUT2D eigenvalue weighted by molar-refractivity contribution is -0.113. The number of benzene rings is 2. The van der Waals surface area contributed by atoms with Gasteiger partial charge < -0.3 is 14.6 Å². The number of aromatic nitrogens is 2. The van der Waals surface area contributed by atoms with Gasteiger partial charge >= 0.3 is 5.97 Å². The fraction of sp³-hybridized carbons (Fsp3) is 0.250. The number of nitrogens with one attached hydrogen (secondary N) is 1. The Morgan fingerprint density at radius 3 is 2.61 bits per heavy atom. The van der Waals surface area contributed by atoms with Gasteiger partial charge in [0.1, 0.15) is 5.82 Å². The molecule has 0 spiro atoms. The smallest absolute Gasteiger partial charge is 0.338 e. The van der Waals surface area contributed by atoms with Gasteiger partial charge in [-0.25, -0.2) is 14.2 Å². The van der Waals surface area contributed by atoms with Crippen molar-refractivity contribution in [2.24, 2.45) is 0 Å². The number of aryl methyl sites for hydroxylation is 1. The Kier molecular flexibility index (Phi) is 6.30. The van der Waals surface area contributed by atoms with Crippen molar-refractivity contribution < 1.29 is 18.7 Å². The van der Waals surface area contributed by atoms with E-state index in [-0.39, 0.29) is 23.4 Å². The second-order valence-corrected chi connectivity index (χ2v) is 6.85. The molecule has 8 heteroatoms. The van der Waals surface area contributed by atoms with Crippen molar-refractivity contribution >= 4 is 40.4 Å². The fourth-order valence-corrected chi connectivity index (χ4v) is 3.60. The van der Waals surface area contributed by atoms with Gasteiger partial charge in [0.15, 0.2) is 5.16 Å². The molecule has 0 unspecified atom stereocenters. The highest BCUT2D eigenvalue weighted by Gasteiger charge is 2.15. The topological polar surface area (TPSA) is 73.2 Å². The molecule has 0 aliphatic heterocycles. The van der Waals surface area contributed by atoms with Crippen molar-refractivity contribution in [2.75, 3.05) is 17.7 Å². The quantitative estimate of drug-likeness (QED) is 0.477. The number of fused-ring (bicyclic) bond motifs is 1. The molecule has 0 bridgehead atoms. The lowest BCUT2D eigenvalue weighted by Gasteiger charge is -2.07. The summed E-state index contributed by atoms with van der Waals surface area (Å²) in [6.45, 7) is 4.73. The van der Waals surface area contributed by atoms with Crippen LogP contribution in [0.25, 0.3) is 11.0 Å². The maximum atomic E-state index is 12.9. The maximum absolute atomic E-state index is 12.9. The number of rotatable bonds is 7. The molecule has 1 aromatic heterocycles. The van der Waals surface area contributed by atoms with Crippen molar-refractivity contribution in [3.8, 4) is 0 Å². The molecular weight excluding hydrogens is 381 g/mol. The molecule has 6 nitrogen and oxygen atoms in total. The van der Waals surface area contributed by atoms with Gasteiger partial charge in [-0.1, -0.05) is 11.8 Å². The van der Waals surface area contributed by atoms with Gasteiger partial charge in [-0.3, -0.25) is 4.79 Å². The third-order valence-corrected chi connectivity index (χ3v) is 4.98. The van der Waals surface area contributed by atoms with Crippen LogP contribution in [-0.4, -0.2) is 33.8 Å². The van der Waals surface area contributed by atoms with Crippen molar-refractivity contribution in [2.45, 2.75) is 25.5 Å². The SMILES string of the molecule is CCOC(=O)c1ccc2c(c1)nc(SCC(=O)Nc1ccc(F)cc1)n2CC. The summed E-state index contributed by atoms with van der Waals surface area (Å²) in [6.07, 6.45) is 0. The highest BCUT2D eigenvalue weighted by molar-refractivity contribution is 7.99. The van der Waals surface area contributed by atoms with Crippen molar-refractivity contribution in [1.82, 2.24) is 9.55 Å². The summed E-state index contributed by atoms with van der Waals surface area (Å²) in [5, 5.41) is 3.41. The van der Waals surface area contributed by atoms with Gasteiger partial charge in [0.2, 0.25) is 5.91 Å². The first kappa shape index (κ1) is 19.9. The van der Waals surface area contributed by atoms with Gasteiger partial charge in [-0.05, 0) is 56.3 Å². The van der Waals surface area contributed by atoms with E-state index in [1.165, 1.54) is 36.0 Å². The van der Waals surface area contributed by atoms with Crippen LogP contribution in [0, 0.1) is 5.82 Å². The van der Waals surface area contributed by atoms with Gasteiger partial charge in [-0.15, -0.1) is 0 Å². The van der Waals surface area contributed by atoms with Crippen LogP contribution in [0.2, 0.25) is 0 Å². The zero-order valence-electron chi connectivity index (χ0n) is 15.6. The van der Waals surface area contributed by atoms with E-state index in [0.717, 1.165) is 5.52 Å². The Bertz CT molecular complexity index is 1000. The molecule has 0 aliphatic carbocycles. The highest BCUT2D eigenvalue weighted by Crippen LogP contribution is 2.25. The van der Waals surface area contributed by atoms with Crippen LogP contribution in [0.3, 0.4) is 0 Å². The van der Waals surface area contributed by atoms with Gasteiger partial charge in [0.05, 0.1) is 29.0 Å². The molecule has 28 heavy (non-hydrogen) atoms. The highest BCUT2D eigenvalue weighted by atomic mass is 32.2. The van der Waals surface area contributed by atoms with Crippen molar-refractivity contribution in [1.29, 1.82) is 0 Å². The van der Waals surface area contributed by atoms with Gasteiger partial charge in [-0.2, -0.15) is 0 Å². The number of esters is 1. The lowest BCUT2D eigenvalue weighted by Crippen LogP contribution is -2.14. The summed E-state index contributed by atoms with van der Waals surface area (Å²) < 4.78 is 20.0. The molecular formula is C20H20FN3O3S. The number of halogens is 1. The minimum Gasteiger partial charge on any atom is -0.462 e. The second-order valence-electron chi connectivity index (χ2n) is 5.91. The molecule has 1 heterocycles. The third kappa shape index (κ3) is 4.51. The van der Waals surface area contributed by atoms with Crippen molar-refractivity contribution in [3.05, 3.63) is 53.8 Å². The number of amides is 1. The monoisotopic (exact) mass is 401 g/mol. The number of thioether (sulfide) groups is 1. The zero-order valence-corrected chi connectivity index (χ0v) is 16.4. The van der Waals surface area contributed by atoms with Crippen LogP contribution < -0.4 is 5.32 Å². The van der Waals surface area contributed by atoms with Gasteiger partial charge in [0, 0.05) is 12.2 Å². The van der Waals surface area contributed by atoms with E-state index >= 15 is 0 Å². The van der Waals surface area contributed by atoms with Crippen LogP contribution >= 0.6 is 11.8 Å². The largest absolute Gasteiger partial charge is 0.462 e. The van der Waals surface area contributed by atoms with E-state index < -0.39 is 0 Å². The summed E-state index contributed by atoms with van der Waals surface area (Å²) in [5.74, 6) is -0.793. The molecule has 0 fully saturated rings. The van der Waals surface area contributed by atoms with Crippen LogP contribution in [0.5, 0.6) is 0 Å². The van der Waals surface area contributed by atoms with Crippen LogP contribution in [0.4, 0.5) is 10.1 Å². The van der Waals surface area contributed by atoms with E-state index in [0.29, 0.717) is 35.1 Å². The summed E-state index contributed by atoms with van der Waals surface area (Å²) in [5.41, 5.74) is 2.54. The number of imidazole rings is 1. The lowest BCUT2D eigenvalue weighted by atomic mass is 10.2. The van der Waals surface area contributed by atoms with E-state index in [9.17, 15) is 14.0 Å². The number of carbonyl (C=O) groups is 2. The van der Waals surface area contributed by atoms with E-state index in [1.807, 2.05) is 17.6 Å². The molecule has 0 radical (unpaired) electrons. The predicted molar refractivity (Wildman–Crippen MR) is 107 cm³/mol. The Labute approximate surface area is 166 Å². The first-order chi connectivity index (χ1) is 13.5. The fourth-order valence-electron chi connectivity index (χ4n) is 2.73. The molecule has 0 saturated carbocycles. The van der Waals surface area contributed by atoms with E-state index in [1.54, 1.807) is 19.1 Å². The molecule has 3 rings (SSSR count). The predicted octanol–water partition coefficient (Wildman–Crippen LogP) is 4.10. The standard InChI is InChI=1S/C20H20FN3O3S/c1-3-24-17-10-5-13(19(26)27-4-2)11-16(17)23-20(24)28-12-18(25)22-15-8-6-14(21)7-9-15/h5-11H,3-4,12H2,1-2H3,(H,22,25). The Morgan fingerprint density at radius 2 is 1.93 bits per heavy atom. The summed E-state index contributed by atoms with van der Waals surface area (Å²) in [4.78, 5) is 28.7. The minimum atomic E-state index is -0.386. The number of carbonyl (C=O) groups excluding carboxylic acids is 2. The molecule has 1 amide bonds. The number of anilines is 1. The van der Waals surface area contributed by atoms with Crippen LogP contribution in [0.1, 0.15) is 24.2 Å². The average molecular weight is 401 g/mol. The molecule has 0 saturated heterocycles. The van der Waals surface area contributed by atoms with Crippen LogP contribution in [0.15, 0.2) is 47.6 Å². The Balaban J connectivity index is 1.73. The number of ether oxygens (including phenoxy) is 1. The average Bonchev–Trinajstić information content (AvgIpc) is 3.05. The van der Waals surface area contributed by atoms with Crippen molar-refractivity contribution in [3.63, 3.8) is 0 Å². The molecule has 1 N–H and O–H groups in total. The first-order valence-corrected chi connectivity index (χ1v) is 9.86. The zero-order chi connectivity index (χ0) is 20.1. The van der Waals surface area contributed by atoms with Crippen LogP contribution in [-0.2, 0) is 16.1 Å². The van der Waals surface area contributed by atoms with E-state index in [4.69, 9.17) is 4.74 Å². The Morgan fingerprint density at radius 1 is 1.18 bits per heavy atom. The summed E-state index contributed by atoms with van der Waals surface area (Å²) in [7, 11) is 0. The third-order valence-electron chi connectivity index (χ3n) is 4.00. The Hall–Kier alpha value is -2.87. The summed E-state index contributed by atoms with van der Waals surface area (Å²) >= 11 is 1.30. The first-order valence-electron chi connectivity index (χ1n) is 8.87.